The number of nitrogens with zero attached hydrogens (tertiary/aromatic N) is 2. The lowest BCUT2D eigenvalue weighted by molar-refractivity contribution is 0.247. The van der Waals surface area contributed by atoms with Crippen molar-refractivity contribution >= 4 is 20.9 Å². The molecule has 0 spiro atoms. The SMILES string of the molecule is C=COCCCNS(=O)(=O)c1ccc2c(c1)c(=O)n(C)c(=O)n2C. The Kier molecular flexibility index (Phi) is 5.25. The fourth-order valence-electron chi connectivity index (χ4n) is 2.27. The molecule has 0 saturated carbocycles. The highest BCUT2D eigenvalue weighted by Crippen LogP contribution is 2.15. The molecule has 0 bridgehead atoms. The van der Waals surface area contributed by atoms with Gasteiger partial charge in [-0.1, -0.05) is 6.58 Å². The average Bonchev–Trinajstić information content (AvgIpc) is 2.57. The van der Waals surface area contributed by atoms with Crippen LogP contribution in [0, 0.1) is 0 Å². The third-order valence-corrected chi connectivity index (χ3v) is 5.06. The number of hydrogen-bond donors (Lipinski definition) is 1. The van der Waals surface area contributed by atoms with Gasteiger partial charge in [0.25, 0.3) is 5.56 Å². The molecule has 130 valence electrons. The number of rotatable bonds is 7. The van der Waals surface area contributed by atoms with Crippen molar-refractivity contribution in [1.82, 2.24) is 13.9 Å². The van der Waals surface area contributed by atoms with E-state index in [4.69, 9.17) is 4.74 Å². The van der Waals surface area contributed by atoms with Gasteiger partial charge in [-0.3, -0.25) is 13.9 Å². The zero-order chi connectivity index (χ0) is 17.9. The van der Waals surface area contributed by atoms with E-state index in [9.17, 15) is 18.0 Å². The van der Waals surface area contributed by atoms with Crippen LogP contribution < -0.4 is 16.0 Å². The number of benzene rings is 1. The Morgan fingerprint density at radius 1 is 1.25 bits per heavy atom. The van der Waals surface area contributed by atoms with Gasteiger partial charge >= 0.3 is 5.69 Å². The Morgan fingerprint density at radius 2 is 1.96 bits per heavy atom. The molecule has 1 heterocycles. The van der Waals surface area contributed by atoms with Crippen molar-refractivity contribution < 1.29 is 13.2 Å². The molecule has 2 aromatic rings. The molecule has 0 aliphatic rings. The van der Waals surface area contributed by atoms with Gasteiger partial charge in [0.15, 0.2) is 0 Å². The highest BCUT2D eigenvalue weighted by Gasteiger charge is 2.16. The highest BCUT2D eigenvalue weighted by atomic mass is 32.2. The fourth-order valence-corrected chi connectivity index (χ4v) is 3.37. The lowest BCUT2D eigenvalue weighted by Gasteiger charge is -2.10. The topological polar surface area (TPSA) is 99.4 Å². The van der Waals surface area contributed by atoms with Crippen LogP contribution in [-0.2, 0) is 28.9 Å². The molecule has 0 aliphatic heterocycles. The molecule has 0 atom stereocenters. The van der Waals surface area contributed by atoms with Gasteiger partial charge in [-0.05, 0) is 24.6 Å². The van der Waals surface area contributed by atoms with E-state index < -0.39 is 21.3 Å². The Morgan fingerprint density at radius 3 is 2.62 bits per heavy atom. The van der Waals surface area contributed by atoms with Gasteiger partial charge in [0.05, 0.1) is 28.7 Å². The van der Waals surface area contributed by atoms with Crippen LogP contribution in [0.25, 0.3) is 10.9 Å². The van der Waals surface area contributed by atoms with Crippen LogP contribution >= 0.6 is 0 Å². The van der Waals surface area contributed by atoms with Crippen LogP contribution in [0.15, 0.2) is 45.5 Å². The average molecular weight is 353 g/mol. The second-order valence-corrected chi connectivity index (χ2v) is 6.94. The summed E-state index contributed by atoms with van der Waals surface area (Å²) < 4.78 is 34.2. The number of nitrogens with one attached hydrogen (secondary N) is 1. The minimum Gasteiger partial charge on any atom is -0.502 e. The van der Waals surface area contributed by atoms with Gasteiger partial charge in [-0.25, -0.2) is 17.9 Å². The molecule has 0 amide bonds. The largest absolute Gasteiger partial charge is 0.502 e. The fraction of sp³-hybridized carbons (Fsp3) is 0.333. The Balaban J connectivity index is 2.38. The third-order valence-electron chi connectivity index (χ3n) is 3.60. The second kappa shape index (κ2) is 7.02. The number of sulfonamides is 1. The van der Waals surface area contributed by atoms with E-state index in [1.54, 1.807) is 0 Å². The number of aromatic nitrogens is 2. The summed E-state index contributed by atoms with van der Waals surface area (Å²) in [5.74, 6) is 0. The Bertz CT molecular complexity index is 989. The lowest BCUT2D eigenvalue weighted by Crippen LogP contribution is -2.37. The van der Waals surface area contributed by atoms with E-state index in [2.05, 4.69) is 11.3 Å². The first-order valence-corrected chi connectivity index (χ1v) is 8.70. The van der Waals surface area contributed by atoms with Gasteiger partial charge in [-0.2, -0.15) is 0 Å². The minimum atomic E-state index is -3.76. The first-order valence-electron chi connectivity index (χ1n) is 7.21. The van der Waals surface area contributed by atoms with Crippen molar-refractivity contribution in [3.05, 3.63) is 51.9 Å². The standard InChI is InChI=1S/C15H19N3O5S/c1-4-23-9-5-8-16-24(21,22)11-6-7-13-12(10-11)14(19)18(3)15(20)17(13)2/h4,6-7,10,16H,1,5,8-9H2,2-3H3. The van der Waals surface area contributed by atoms with Crippen LogP contribution in [0.2, 0.25) is 0 Å². The van der Waals surface area contributed by atoms with Crippen LogP contribution in [-0.4, -0.2) is 30.7 Å². The number of hydrogen-bond acceptors (Lipinski definition) is 5. The first-order chi connectivity index (χ1) is 11.3. The van der Waals surface area contributed by atoms with Gasteiger partial charge < -0.3 is 4.74 Å². The molecule has 9 heteroatoms. The quantitative estimate of drug-likeness (QED) is 0.561. The summed E-state index contributed by atoms with van der Waals surface area (Å²) in [6, 6.07) is 4.09. The van der Waals surface area contributed by atoms with Crippen LogP contribution in [0.3, 0.4) is 0 Å². The first kappa shape index (κ1) is 18.0. The van der Waals surface area contributed by atoms with Crippen LogP contribution in [0.5, 0.6) is 0 Å². The zero-order valence-corrected chi connectivity index (χ0v) is 14.3. The molecule has 0 saturated heterocycles. The van der Waals surface area contributed by atoms with Crippen molar-refractivity contribution in [2.24, 2.45) is 14.1 Å². The number of ether oxygens (including phenoxy) is 1. The monoisotopic (exact) mass is 353 g/mol. The van der Waals surface area contributed by atoms with E-state index in [0.717, 1.165) is 4.57 Å². The molecule has 1 N–H and O–H groups in total. The molecule has 8 nitrogen and oxygen atoms in total. The molecule has 0 fully saturated rings. The van der Waals surface area contributed by atoms with Gasteiger partial charge in [0.2, 0.25) is 10.0 Å². The maximum atomic E-state index is 12.3. The summed E-state index contributed by atoms with van der Waals surface area (Å²) in [6.07, 6.45) is 1.77. The second-order valence-electron chi connectivity index (χ2n) is 5.17. The van der Waals surface area contributed by atoms with E-state index >= 15 is 0 Å². The van der Waals surface area contributed by atoms with Crippen LogP contribution in [0.1, 0.15) is 6.42 Å². The number of fused-ring (bicyclic) bond motifs is 1. The van der Waals surface area contributed by atoms with Crippen molar-refractivity contribution in [2.45, 2.75) is 11.3 Å². The Labute approximate surface area is 139 Å². The predicted octanol–water partition coefficient (Wildman–Crippen LogP) is 0.0657. The molecule has 0 radical (unpaired) electrons. The lowest BCUT2D eigenvalue weighted by atomic mass is 10.2. The van der Waals surface area contributed by atoms with Gasteiger partial charge in [-0.15, -0.1) is 0 Å². The Hall–Kier alpha value is -2.39. The van der Waals surface area contributed by atoms with Gasteiger partial charge in [0, 0.05) is 20.6 Å². The van der Waals surface area contributed by atoms with E-state index in [1.807, 2.05) is 0 Å². The molecular weight excluding hydrogens is 334 g/mol. The van der Waals surface area contributed by atoms with Crippen LogP contribution in [0.4, 0.5) is 0 Å². The predicted molar refractivity (Wildman–Crippen MR) is 90.4 cm³/mol. The summed E-state index contributed by atoms with van der Waals surface area (Å²) >= 11 is 0. The highest BCUT2D eigenvalue weighted by molar-refractivity contribution is 7.89. The van der Waals surface area contributed by atoms with Gasteiger partial charge in [0.1, 0.15) is 0 Å². The molecular formula is C15H19N3O5S. The van der Waals surface area contributed by atoms with E-state index in [0.29, 0.717) is 18.5 Å². The van der Waals surface area contributed by atoms with E-state index in [-0.39, 0.29) is 16.8 Å². The summed E-state index contributed by atoms with van der Waals surface area (Å²) in [5.41, 5.74) is -0.630. The summed E-state index contributed by atoms with van der Waals surface area (Å²) in [5, 5.41) is 0.164. The van der Waals surface area contributed by atoms with E-state index in [1.165, 1.54) is 43.1 Å². The minimum absolute atomic E-state index is 0.0320. The van der Waals surface area contributed by atoms with Crippen molar-refractivity contribution in [1.29, 1.82) is 0 Å². The van der Waals surface area contributed by atoms with Crippen molar-refractivity contribution in [3.8, 4) is 0 Å². The zero-order valence-electron chi connectivity index (χ0n) is 13.5. The molecule has 0 unspecified atom stereocenters. The molecule has 2 rings (SSSR count). The molecule has 1 aromatic carbocycles. The maximum absolute atomic E-state index is 12.3. The summed E-state index contributed by atoms with van der Waals surface area (Å²) in [4.78, 5) is 24.1. The molecule has 24 heavy (non-hydrogen) atoms. The normalized spacial score (nSPS) is 11.6. The molecule has 1 aromatic heterocycles. The number of aryl methyl sites for hydroxylation is 1. The van der Waals surface area contributed by atoms with Crippen molar-refractivity contribution in [3.63, 3.8) is 0 Å². The summed E-state index contributed by atoms with van der Waals surface area (Å²) in [6.45, 7) is 3.94. The third kappa shape index (κ3) is 3.41. The smallest absolute Gasteiger partial charge is 0.330 e. The summed E-state index contributed by atoms with van der Waals surface area (Å²) in [7, 11) is -0.884. The maximum Gasteiger partial charge on any atom is 0.330 e. The van der Waals surface area contributed by atoms with Crippen molar-refractivity contribution in [2.75, 3.05) is 13.2 Å². The molecule has 0 aliphatic carbocycles.